The molecule has 0 atom stereocenters. The summed E-state index contributed by atoms with van der Waals surface area (Å²) in [4.78, 5) is 21.1. The van der Waals surface area contributed by atoms with Crippen LogP contribution in [-0.2, 0) is 4.79 Å². The third kappa shape index (κ3) is 3.07. The zero-order valence-corrected chi connectivity index (χ0v) is 10.7. The third-order valence-corrected chi connectivity index (χ3v) is 1.51. The molecule has 0 heterocycles. The molecule has 0 fully saturated rings. The fourth-order valence-electron chi connectivity index (χ4n) is 0.880. The van der Waals surface area contributed by atoms with E-state index in [0.29, 0.717) is 0 Å². The summed E-state index contributed by atoms with van der Waals surface area (Å²) in [5, 5.41) is 10.2. The fourth-order valence-corrected chi connectivity index (χ4v) is 0.880. The number of Topliss-reactive ketones (excluding diaryl/α,β-unsaturated/α-hetero) is 1. The Balaban J connectivity index is 0.00000169. The topological polar surface area (TPSA) is 109 Å². The Morgan fingerprint density at radius 1 is 1.21 bits per heavy atom. The molecule has 5 nitrogen and oxygen atoms in total. The van der Waals surface area contributed by atoms with Crippen molar-refractivity contribution in [3.8, 4) is 0 Å². The molecule has 0 amide bonds. The van der Waals surface area contributed by atoms with Crippen LogP contribution in [0.15, 0.2) is 18.2 Å². The summed E-state index contributed by atoms with van der Waals surface area (Å²) in [6.07, 6.45) is 0. The van der Waals surface area contributed by atoms with E-state index in [0.717, 1.165) is 0 Å². The minimum absolute atomic E-state index is 0. The summed E-state index contributed by atoms with van der Waals surface area (Å²) in [6.45, 7) is 0. The van der Waals surface area contributed by atoms with Crippen LogP contribution in [0.2, 0.25) is 0 Å². The number of carbonyl (C=O) groups is 2. The predicted molar refractivity (Wildman–Crippen MR) is 44.6 cm³/mol. The van der Waals surface area contributed by atoms with Crippen molar-refractivity contribution in [2.45, 2.75) is 0 Å². The number of anilines is 2. The van der Waals surface area contributed by atoms with E-state index in [1.165, 1.54) is 18.2 Å². The molecule has 0 saturated carbocycles. The van der Waals surface area contributed by atoms with Gasteiger partial charge in [0.05, 0.1) is 0 Å². The maximum atomic E-state index is 10.9. The molecule has 6 heteroatoms. The zero-order valence-electron chi connectivity index (χ0n) is 7.61. The molecule has 0 saturated heterocycles. The first-order chi connectivity index (χ1) is 6.02. The van der Waals surface area contributed by atoms with Crippen molar-refractivity contribution in [3.63, 3.8) is 0 Å². The smallest absolute Gasteiger partial charge is 0.541 e. The number of nitrogen functional groups attached to an aromatic ring is 2. The molecule has 0 aliphatic rings. The van der Waals surface area contributed by atoms with Crippen molar-refractivity contribution < 1.29 is 66.1 Å². The molecule has 0 spiro atoms. The minimum atomic E-state index is -1.79. The van der Waals surface area contributed by atoms with Gasteiger partial charge in [0.1, 0.15) is 5.97 Å². The molecule has 4 N–H and O–H groups in total. The van der Waals surface area contributed by atoms with Crippen LogP contribution in [0, 0.1) is 0 Å². The van der Waals surface area contributed by atoms with Crippen molar-refractivity contribution in [2.24, 2.45) is 0 Å². The van der Waals surface area contributed by atoms with Crippen LogP contribution >= 0.6 is 0 Å². The van der Waals surface area contributed by atoms with E-state index in [1.807, 2.05) is 0 Å². The summed E-state index contributed by atoms with van der Waals surface area (Å²) < 4.78 is 0. The number of hydrogen-bond acceptors (Lipinski definition) is 5. The van der Waals surface area contributed by atoms with Crippen LogP contribution in [0.1, 0.15) is 10.4 Å². The molecule has 0 radical (unpaired) electrons. The van der Waals surface area contributed by atoms with E-state index in [1.54, 1.807) is 0 Å². The van der Waals surface area contributed by atoms with Gasteiger partial charge < -0.3 is 21.4 Å². The van der Waals surface area contributed by atoms with Gasteiger partial charge in [0.15, 0.2) is 0 Å². The summed E-state index contributed by atoms with van der Waals surface area (Å²) in [5.41, 5.74) is 10.9. The third-order valence-electron chi connectivity index (χ3n) is 1.51. The van der Waals surface area contributed by atoms with Gasteiger partial charge in [-0.15, -0.1) is 0 Å². The van der Waals surface area contributed by atoms with E-state index >= 15 is 0 Å². The van der Waals surface area contributed by atoms with Gasteiger partial charge in [-0.2, -0.15) is 0 Å². The number of hydrogen-bond donors (Lipinski definition) is 2. The molecule has 1 aromatic carbocycles. The summed E-state index contributed by atoms with van der Waals surface area (Å²) in [7, 11) is 0. The Morgan fingerprint density at radius 3 is 2.29 bits per heavy atom. The van der Waals surface area contributed by atoms with E-state index in [-0.39, 0.29) is 68.3 Å². The summed E-state index contributed by atoms with van der Waals surface area (Å²) >= 11 is 0. The first-order valence-corrected chi connectivity index (χ1v) is 3.43. The standard InChI is InChI=1S/C8H8N2O3.K/c9-4-1-2-6(10)5(3-4)7(11)8(12)13;/h1-3H,9-10H2,(H,12,13);/q;+1/p-1. The Hall–Kier alpha value is -0.404. The van der Waals surface area contributed by atoms with Crippen LogP contribution < -0.4 is 68.0 Å². The predicted octanol–water partition coefficient (Wildman–Crippen LogP) is -4.21. The quantitative estimate of drug-likeness (QED) is 0.226. The van der Waals surface area contributed by atoms with Gasteiger partial charge in [-0.3, -0.25) is 4.79 Å². The summed E-state index contributed by atoms with van der Waals surface area (Å²) in [5.74, 6) is -2.96. The molecule has 1 rings (SSSR count). The van der Waals surface area contributed by atoms with Crippen LogP contribution in [0.4, 0.5) is 11.4 Å². The van der Waals surface area contributed by atoms with Crippen molar-refractivity contribution in [2.75, 3.05) is 11.5 Å². The van der Waals surface area contributed by atoms with Crippen LogP contribution in [0.25, 0.3) is 0 Å². The van der Waals surface area contributed by atoms with Gasteiger partial charge in [0.25, 0.3) is 0 Å². The molecule has 0 aliphatic carbocycles. The monoisotopic (exact) mass is 218 g/mol. The fraction of sp³-hybridized carbons (Fsp3) is 0. The molecule has 0 aromatic heterocycles. The largest absolute Gasteiger partial charge is 1.00 e. The van der Waals surface area contributed by atoms with Gasteiger partial charge in [-0.25, -0.2) is 0 Å². The molecule has 0 bridgehead atoms. The van der Waals surface area contributed by atoms with E-state index in [2.05, 4.69) is 0 Å². The van der Waals surface area contributed by atoms with Crippen LogP contribution in [0.5, 0.6) is 0 Å². The van der Waals surface area contributed by atoms with E-state index < -0.39 is 11.8 Å². The second-order valence-electron chi connectivity index (χ2n) is 2.46. The number of aliphatic carboxylic acids is 1. The van der Waals surface area contributed by atoms with Crippen molar-refractivity contribution in [1.29, 1.82) is 0 Å². The van der Waals surface area contributed by atoms with Crippen molar-refractivity contribution in [1.82, 2.24) is 0 Å². The number of carboxylic acid groups (broad SMARTS) is 1. The molecule has 14 heavy (non-hydrogen) atoms. The Kier molecular flexibility index (Phi) is 5.31. The minimum Gasteiger partial charge on any atom is -0.541 e. The Labute approximate surface area is 123 Å². The van der Waals surface area contributed by atoms with Crippen LogP contribution in [0.3, 0.4) is 0 Å². The molecular weight excluding hydrogens is 211 g/mol. The Bertz CT molecular complexity index is 379. The molecule has 0 aliphatic heterocycles. The van der Waals surface area contributed by atoms with Gasteiger partial charge in [0.2, 0.25) is 5.78 Å². The molecule has 0 unspecified atom stereocenters. The van der Waals surface area contributed by atoms with E-state index in [4.69, 9.17) is 11.5 Å². The molecular formula is C8H7KN2O3. The second-order valence-corrected chi connectivity index (χ2v) is 2.46. The SMILES string of the molecule is Nc1ccc(N)c(C(=O)C(=O)[O-])c1.[K+]. The molecule has 1 aromatic rings. The zero-order chi connectivity index (χ0) is 10.0. The molecule has 68 valence electrons. The van der Waals surface area contributed by atoms with Gasteiger partial charge in [0, 0.05) is 16.9 Å². The number of nitrogens with two attached hydrogens (primary N) is 2. The summed E-state index contributed by atoms with van der Waals surface area (Å²) in [6, 6.07) is 4.04. The van der Waals surface area contributed by atoms with Crippen molar-refractivity contribution in [3.05, 3.63) is 23.8 Å². The van der Waals surface area contributed by atoms with Gasteiger partial charge >= 0.3 is 51.4 Å². The maximum Gasteiger partial charge on any atom is 1.00 e. The maximum absolute atomic E-state index is 10.9. The van der Waals surface area contributed by atoms with E-state index in [9.17, 15) is 14.7 Å². The number of ketones is 1. The average molecular weight is 218 g/mol. The number of carboxylic acids is 1. The number of carbonyl (C=O) groups excluding carboxylic acids is 2. The first kappa shape index (κ1) is 13.6. The van der Waals surface area contributed by atoms with Crippen molar-refractivity contribution >= 4 is 23.1 Å². The van der Waals surface area contributed by atoms with Crippen LogP contribution in [-0.4, -0.2) is 11.8 Å². The normalized spacial score (nSPS) is 8.86. The first-order valence-electron chi connectivity index (χ1n) is 3.43. The average Bonchev–Trinajstić information content (AvgIpc) is 2.08. The number of benzene rings is 1. The Morgan fingerprint density at radius 2 is 1.79 bits per heavy atom. The number of rotatable bonds is 2. The van der Waals surface area contributed by atoms with Gasteiger partial charge in [-0.1, -0.05) is 0 Å². The second kappa shape index (κ2) is 5.47. The van der Waals surface area contributed by atoms with Gasteiger partial charge in [-0.05, 0) is 18.2 Å².